The molecule has 3 aliphatic rings. The molecule has 0 aliphatic carbocycles. The summed E-state index contributed by atoms with van der Waals surface area (Å²) < 4.78 is 93.9. The molecule has 0 saturated carbocycles. The number of quaternary nitrogens is 1. The fourth-order valence-corrected chi connectivity index (χ4v) is 11.5. The Bertz CT molecular complexity index is 2250. The molecule has 17 heteroatoms. The molecule has 0 amide bonds. The summed E-state index contributed by atoms with van der Waals surface area (Å²) in [6.45, 7) is 12.2. The van der Waals surface area contributed by atoms with Crippen LogP contribution >= 0.6 is 0 Å². The Morgan fingerprint density at radius 3 is 1.68 bits per heavy atom. The van der Waals surface area contributed by atoms with E-state index in [4.69, 9.17) is 9.29 Å². The van der Waals surface area contributed by atoms with Crippen LogP contribution in [0.3, 0.4) is 0 Å². The van der Waals surface area contributed by atoms with E-state index in [2.05, 4.69) is 81.3 Å². The first-order chi connectivity index (χ1) is 32.4. The lowest BCUT2D eigenvalue weighted by atomic mass is 9.90. The van der Waals surface area contributed by atoms with Crippen molar-refractivity contribution in [3.05, 3.63) is 114 Å². The Morgan fingerprint density at radius 1 is 0.735 bits per heavy atom. The number of nitrogens with zero attached hydrogens (tertiary/aromatic N) is 2. The van der Waals surface area contributed by atoms with Gasteiger partial charge in [-0.15, -0.1) is 0 Å². The number of carbonyl (C=O) groups excluding carboxylic acids is 1. The number of sulfonamides is 1. The molecular weight excluding hydrogens is 925 g/mol. The molecule has 3 heterocycles. The van der Waals surface area contributed by atoms with E-state index in [-0.39, 0.29) is 23.2 Å². The number of hydrogen-bond acceptors (Lipinski definition) is 11. The summed E-state index contributed by atoms with van der Waals surface area (Å²) in [4.78, 5) is 17.9. The maximum atomic E-state index is 12.4. The van der Waals surface area contributed by atoms with E-state index in [1.807, 2.05) is 44.2 Å². The van der Waals surface area contributed by atoms with E-state index in [1.54, 1.807) is 0 Å². The van der Waals surface area contributed by atoms with Crippen LogP contribution in [0.2, 0.25) is 0 Å². The molecule has 14 nitrogen and oxygen atoms in total. The van der Waals surface area contributed by atoms with Crippen LogP contribution in [-0.4, -0.2) is 139 Å². The minimum absolute atomic E-state index is 0.0303. The van der Waals surface area contributed by atoms with Crippen molar-refractivity contribution < 1.29 is 48.8 Å². The van der Waals surface area contributed by atoms with Crippen molar-refractivity contribution in [1.29, 1.82) is 0 Å². The molecule has 0 spiro atoms. The third-order valence-corrected chi connectivity index (χ3v) is 15.9. The van der Waals surface area contributed by atoms with Crippen LogP contribution in [0.4, 0.5) is 0 Å². The molecule has 3 aromatic rings. The van der Waals surface area contributed by atoms with Crippen molar-refractivity contribution in [2.75, 3.05) is 83.3 Å². The zero-order valence-electron chi connectivity index (χ0n) is 40.6. The highest BCUT2D eigenvalue weighted by atomic mass is 32.2. The van der Waals surface area contributed by atoms with Gasteiger partial charge in [0.25, 0.3) is 10.1 Å². The maximum absolute atomic E-state index is 12.4. The molecule has 2 saturated heterocycles. The number of benzene rings is 3. The van der Waals surface area contributed by atoms with E-state index in [0.29, 0.717) is 31.6 Å². The molecule has 3 N–H and O–H groups in total. The SMILES string of the molecule is COC(=O)[C@H](CC(C)C)NS(=O)(=O)CCCN1CCC(Cc2ccccc2)CC1.O=S(=O)(O)CCCN1CCC(Cc2ccccc2)CC1.O=S(=O)([O-])CCC[NH+]1CCC=C(c2ccccc2)C1. The van der Waals surface area contributed by atoms with Crippen LogP contribution in [0.15, 0.2) is 97.1 Å². The molecule has 68 heavy (non-hydrogen) atoms. The highest BCUT2D eigenvalue weighted by molar-refractivity contribution is 7.89. The maximum Gasteiger partial charge on any atom is 0.323 e. The van der Waals surface area contributed by atoms with Crippen LogP contribution in [-0.2, 0) is 52.6 Å². The van der Waals surface area contributed by atoms with Gasteiger partial charge in [0.1, 0.15) is 12.6 Å². The molecule has 380 valence electrons. The lowest BCUT2D eigenvalue weighted by molar-refractivity contribution is -0.893. The number of rotatable bonds is 22. The Morgan fingerprint density at radius 2 is 1.22 bits per heavy atom. The Labute approximate surface area is 408 Å². The molecule has 0 aromatic heterocycles. The number of carbonyl (C=O) groups is 1. The smallest absolute Gasteiger partial charge is 0.323 e. The van der Waals surface area contributed by atoms with Gasteiger partial charge in [0.2, 0.25) is 10.0 Å². The van der Waals surface area contributed by atoms with Crippen LogP contribution in [0.25, 0.3) is 5.57 Å². The normalized spacial score (nSPS) is 18.4. The van der Waals surface area contributed by atoms with Gasteiger partial charge in [0.15, 0.2) is 0 Å². The van der Waals surface area contributed by atoms with E-state index in [0.717, 1.165) is 96.9 Å². The molecule has 3 aromatic carbocycles. The first-order valence-electron chi connectivity index (χ1n) is 24.4. The van der Waals surface area contributed by atoms with E-state index in [1.165, 1.54) is 47.1 Å². The average molecular weight is 1000 g/mol. The predicted octanol–water partition coefficient (Wildman–Crippen LogP) is 5.35. The monoisotopic (exact) mass is 1000 g/mol. The van der Waals surface area contributed by atoms with Crippen molar-refractivity contribution in [1.82, 2.24) is 14.5 Å². The molecular formula is C51H78N4O10S3. The number of piperidine rings is 2. The van der Waals surface area contributed by atoms with Gasteiger partial charge in [0.05, 0.1) is 41.8 Å². The topological polar surface area (TPSA) is 195 Å². The quantitative estimate of drug-likeness (QED) is 0.0865. The van der Waals surface area contributed by atoms with Gasteiger partial charge in [-0.05, 0) is 132 Å². The Kier molecular flexibility index (Phi) is 24.8. The van der Waals surface area contributed by atoms with Crippen LogP contribution in [0.5, 0.6) is 0 Å². The Balaban J connectivity index is 0.000000229. The minimum Gasteiger partial charge on any atom is -0.748 e. The zero-order valence-corrected chi connectivity index (χ0v) is 43.0. The molecule has 3 aliphatic heterocycles. The fourth-order valence-electron chi connectivity index (χ4n) is 9.22. The van der Waals surface area contributed by atoms with E-state index in [9.17, 15) is 34.6 Å². The van der Waals surface area contributed by atoms with Crippen LogP contribution in [0.1, 0.15) is 88.3 Å². The zero-order chi connectivity index (χ0) is 49.4. The summed E-state index contributed by atoms with van der Waals surface area (Å²) >= 11 is 0. The number of ether oxygens (including phenoxy) is 1. The summed E-state index contributed by atoms with van der Waals surface area (Å²) in [5, 5.41) is 0. The standard InChI is InChI=1S/C22H36N2O4S.C15H23NO3S.C14H19NO3S/c1-18(2)16-21(22(25)28-3)23-29(26,27)15-7-12-24-13-10-20(11-14-24)17-19-8-5-4-6-9-19;17-20(18,19)12-4-9-16-10-7-15(8-11-16)13-14-5-2-1-3-6-14;16-19(17,18)11-5-10-15-9-4-8-14(12-15)13-6-2-1-3-7-13/h4-6,8-9,18,20-21,23H,7,10-17H2,1-3H3;1-3,5-6,15H,4,7-13H2,(H,17,18,19);1-3,6-8H,4-5,9-12H2,(H,16,17,18)/t21-;;/m0../s1. The van der Waals surface area contributed by atoms with Crippen molar-refractivity contribution in [3.63, 3.8) is 0 Å². The molecule has 1 unspecified atom stereocenters. The van der Waals surface area contributed by atoms with Gasteiger partial charge in [-0.3, -0.25) is 9.35 Å². The molecule has 2 fully saturated rings. The van der Waals surface area contributed by atoms with Crippen molar-refractivity contribution in [2.45, 2.75) is 90.5 Å². The summed E-state index contributed by atoms with van der Waals surface area (Å²) in [6, 6.07) is 30.6. The highest BCUT2D eigenvalue weighted by Crippen LogP contribution is 2.23. The second-order valence-electron chi connectivity index (χ2n) is 19.0. The number of esters is 1. The first-order valence-corrected chi connectivity index (χ1v) is 29.3. The lowest BCUT2D eigenvalue weighted by Gasteiger charge is -2.32. The summed E-state index contributed by atoms with van der Waals surface area (Å²) in [5.74, 6) is 0.758. The third kappa shape index (κ3) is 24.4. The van der Waals surface area contributed by atoms with Crippen LogP contribution in [0, 0.1) is 17.8 Å². The fraction of sp³-hybridized carbons (Fsp3) is 0.588. The number of methoxy groups -OCH3 is 1. The lowest BCUT2D eigenvalue weighted by Crippen LogP contribution is -3.12. The number of nitrogens with one attached hydrogen (secondary N) is 2. The third-order valence-electron chi connectivity index (χ3n) is 12.8. The predicted molar refractivity (Wildman–Crippen MR) is 270 cm³/mol. The van der Waals surface area contributed by atoms with Crippen LogP contribution < -0.4 is 9.62 Å². The second kappa shape index (κ2) is 29.6. The summed E-state index contributed by atoms with van der Waals surface area (Å²) in [5.41, 5.74) is 5.34. The van der Waals surface area contributed by atoms with Gasteiger partial charge in [-0.1, -0.05) is 111 Å². The molecule has 2 atom stereocenters. The highest BCUT2D eigenvalue weighted by Gasteiger charge is 2.27. The number of likely N-dealkylation sites (tertiary alicyclic amines) is 2. The van der Waals surface area contributed by atoms with Crippen molar-refractivity contribution >= 4 is 41.8 Å². The molecule has 6 rings (SSSR count). The first kappa shape index (κ1) is 57.1. The van der Waals surface area contributed by atoms with Crippen molar-refractivity contribution in [3.8, 4) is 0 Å². The van der Waals surface area contributed by atoms with Crippen molar-refractivity contribution in [2.24, 2.45) is 17.8 Å². The van der Waals surface area contributed by atoms with E-state index >= 15 is 0 Å². The van der Waals surface area contributed by atoms with Gasteiger partial charge in [0, 0.05) is 24.2 Å². The van der Waals surface area contributed by atoms with Gasteiger partial charge >= 0.3 is 5.97 Å². The average Bonchev–Trinajstić information content (AvgIpc) is 3.30. The summed E-state index contributed by atoms with van der Waals surface area (Å²) in [6.07, 6.45) is 12.1. The largest absolute Gasteiger partial charge is 0.748 e. The molecule has 0 bridgehead atoms. The minimum atomic E-state index is -4.07. The second-order valence-corrected chi connectivity index (χ2v) is 24.0. The van der Waals surface area contributed by atoms with Gasteiger partial charge in [-0.25, -0.2) is 21.6 Å². The Hall–Kier alpha value is -3.52. The van der Waals surface area contributed by atoms with E-state index < -0.39 is 42.3 Å². The number of hydrogen-bond donors (Lipinski definition) is 3. The molecule has 0 radical (unpaired) electrons. The van der Waals surface area contributed by atoms with Gasteiger partial charge < -0.3 is 24.0 Å². The summed E-state index contributed by atoms with van der Waals surface area (Å²) in [7, 11) is -10.1. The van der Waals surface area contributed by atoms with Gasteiger partial charge in [-0.2, -0.15) is 8.42 Å².